The lowest BCUT2D eigenvalue weighted by Crippen LogP contribution is -2.70. The van der Waals surface area contributed by atoms with Crippen molar-refractivity contribution in [2.24, 2.45) is 0 Å². The van der Waals surface area contributed by atoms with Gasteiger partial charge in [-0.05, 0) is 23.1 Å². The third-order valence-electron chi connectivity index (χ3n) is 7.21. The second-order valence-electron chi connectivity index (χ2n) is 10.1. The highest BCUT2D eigenvalue weighted by Gasteiger charge is 2.55. The average molecular weight is 569 g/mol. The zero-order valence-electron chi connectivity index (χ0n) is 22.8. The molecule has 7 nitrogen and oxygen atoms in total. The summed E-state index contributed by atoms with van der Waals surface area (Å²) in [6, 6.07) is 27.2. The van der Waals surface area contributed by atoms with E-state index in [1.165, 1.54) is 16.7 Å². The van der Waals surface area contributed by atoms with E-state index >= 15 is 0 Å². The van der Waals surface area contributed by atoms with Gasteiger partial charge in [-0.25, -0.2) is 4.79 Å². The van der Waals surface area contributed by atoms with E-state index in [0.717, 1.165) is 23.1 Å². The normalized spacial score (nSPS) is 18.0. The number of fused-ring (bicyclic) bond motifs is 1. The van der Waals surface area contributed by atoms with E-state index in [1.807, 2.05) is 97.9 Å². The molecule has 41 heavy (non-hydrogen) atoms. The van der Waals surface area contributed by atoms with Crippen LogP contribution in [0.1, 0.15) is 49.0 Å². The lowest BCUT2D eigenvalue weighted by atomic mass is 9.98. The Labute approximate surface area is 244 Å². The Hall–Kier alpha value is -4.17. The van der Waals surface area contributed by atoms with E-state index in [-0.39, 0.29) is 36.0 Å². The molecule has 8 heteroatoms. The van der Waals surface area contributed by atoms with Crippen LogP contribution in [-0.4, -0.2) is 45.6 Å². The molecule has 210 valence electrons. The number of rotatable bonds is 11. The number of carbonyl (C=O) groups is 4. The molecule has 1 fully saturated rings. The summed E-state index contributed by atoms with van der Waals surface area (Å²) in [7, 11) is 0. The van der Waals surface area contributed by atoms with Crippen molar-refractivity contribution in [3.05, 3.63) is 119 Å². The zero-order chi connectivity index (χ0) is 28.8. The minimum Gasteiger partial charge on any atom is -0.448 e. The van der Waals surface area contributed by atoms with E-state index in [9.17, 15) is 19.2 Å². The number of thioether (sulfide) groups is 1. The maximum atomic E-state index is 13.9. The van der Waals surface area contributed by atoms with Crippen molar-refractivity contribution < 1.29 is 23.9 Å². The highest BCUT2D eigenvalue weighted by Crippen LogP contribution is 2.42. The highest BCUT2D eigenvalue weighted by molar-refractivity contribution is 8.00. The van der Waals surface area contributed by atoms with Crippen molar-refractivity contribution in [1.29, 1.82) is 0 Å². The molecule has 2 heterocycles. The lowest BCUT2D eigenvalue weighted by molar-refractivity contribution is -0.154. The summed E-state index contributed by atoms with van der Waals surface area (Å²) >= 11 is 1.38. The summed E-state index contributed by atoms with van der Waals surface area (Å²) in [5.41, 5.74) is 2.67. The molecule has 1 N–H and O–H groups in total. The first-order chi connectivity index (χ1) is 20.0. The Kier molecular flexibility index (Phi) is 8.99. The second-order valence-corrected chi connectivity index (χ2v) is 11.2. The number of esters is 1. The van der Waals surface area contributed by atoms with Gasteiger partial charge in [0.2, 0.25) is 5.91 Å². The van der Waals surface area contributed by atoms with Crippen LogP contribution >= 0.6 is 11.8 Å². The van der Waals surface area contributed by atoms with Gasteiger partial charge < -0.3 is 10.1 Å². The first-order valence-corrected chi connectivity index (χ1v) is 14.9. The number of unbranched alkanes of at least 4 members (excludes halogenated alkanes) is 1. The van der Waals surface area contributed by atoms with E-state index in [2.05, 4.69) is 5.32 Å². The first kappa shape index (κ1) is 28.4. The molecule has 0 radical (unpaired) electrons. The van der Waals surface area contributed by atoms with Gasteiger partial charge in [-0.1, -0.05) is 104 Å². The Morgan fingerprint density at radius 2 is 1.51 bits per heavy atom. The third-order valence-corrected chi connectivity index (χ3v) is 8.49. The van der Waals surface area contributed by atoms with Gasteiger partial charge in [0, 0.05) is 17.7 Å². The number of ketones is 1. The number of Topliss-reactive ketones (excluding diaryl/α,β-unsaturated/α-hetero) is 1. The van der Waals surface area contributed by atoms with E-state index < -0.39 is 29.4 Å². The van der Waals surface area contributed by atoms with Crippen molar-refractivity contribution in [2.75, 3.05) is 5.75 Å². The molecule has 3 aromatic carbocycles. The monoisotopic (exact) mass is 568 g/mol. The molecule has 0 spiro atoms. The fourth-order valence-electron chi connectivity index (χ4n) is 5.06. The molecule has 2 aliphatic heterocycles. The molecule has 5 rings (SSSR count). The van der Waals surface area contributed by atoms with E-state index in [0.29, 0.717) is 12.0 Å². The van der Waals surface area contributed by atoms with Crippen LogP contribution in [0.2, 0.25) is 0 Å². The summed E-state index contributed by atoms with van der Waals surface area (Å²) in [6.07, 6.45) is 1.21. The van der Waals surface area contributed by atoms with Crippen LogP contribution in [0.15, 0.2) is 102 Å². The molecule has 1 unspecified atom stereocenters. The van der Waals surface area contributed by atoms with Crippen LogP contribution < -0.4 is 5.32 Å². The molecular formula is C33H32N2O5S. The fourth-order valence-corrected chi connectivity index (χ4v) is 6.43. The Morgan fingerprint density at radius 3 is 2.10 bits per heavy atom. The summed E-state index contributed by atoms with van der Waals surface area (Å²) < 4.78 is 6.10. The Morgan fingerprint density at radius 1 is 0.927 bits per heavy atom. The number of β-lactam (4-membered cyclic amide) rings is 1. The van der Waals surface area contributed by atoms with Gasteiger partial charge in [0.25, 0.3) is 5.91 Å². The molecule has 2 aliphatic rings. The zero-order valence-corrected chi connectivity index (χ0v) is 23.6. The van der Waals surface area contributed by atoms with Crippen molar-refractivity contribution in [3.63, 3.8) is 0 Å². The fraction of sp³-hybridized carbons (Fsp3) is 0.273. The summed E-state index contributed by atoms with van der Waals surface area (Å²) in [6.45, 7) is 1.99. The highest BCUT2D eigenvalue weighted by atomic mass is 32.2. The number of nitrogens with one attached hydrogen (secondary N) is 1. The van der Waals surface area contributed by atoms with Gasteiger partial charge in [0.1, 0.15) is 17.1 Å². The number of ether oxygens (including phenoxy) is 1. The molecule has 3 aromatic rings. The van der Waals surface area contributed by atoms with Crippen molar-refractivity contribution in [1.82, 2.24) is 10.2 Å². The average Bonchev–Trinajstić information content (AvgIpc) is 3.01. The van der Waals surface area contributed by atoms with Gasteiger partial charge in [0.05, 0.1) is 6.42 Å². The van der Waals surface area contributed by atoms with Crippen LogP contribution in [0.3, 0.4) is 0 Å². The lowest BCUT2D eigenvalue weighted by Gasteiger charge is -2.49. The minimum atomic E-state index is -0.787. The SMILES string of the molecule is CCCCC(=O)C1=C(C(=O)OC(c2ccccc2)c2ccccc2)N2C(=O)C(NC(=O)Cc3ccccc3)[C@H]2SC1. The minimum absolute atomic E-state index is 0.00901. The van der Waals surface area contributed by atoms with E-state index in [4.69, 9.17) is 4.74 Å². The smallest absolute Gasteiger partial charge is 0.356 e. The number of amides is 2. The Balaban J connectivity index is 1.41. The second kappa shape index (κ2) is 13.0. The predicted molar refractivity (Wildman–Crippen MR) is 158 cm³/mol. The van der Waals surface area contributed by atoms with Gasteiger partial charge in [-0.3, -0.25) is 19.3 Å². The van der Waals surface area contributed by atoms with Crippen LogP contribution in [0.4, 0.5) is 0 Å². The molecule has 0 bridgehead atoms. The quantitative estimate of drug-likeness (QED) is 0.259. The van der Waals surface area contributed by atoms with Crippen LogP contribution in [0.5, 0.6) is 0 Å². The maximum absolute atomic E-state index is 13.9. The number of nitrogens with zero attached hydrogens (tertiary/aromatic N) is 1. The molecule has 1 saturated heterocycles. The van der Waals surface area contributed by atoms with Gasteiger partial charge in [0.15, 0.2) is 11.9 Å². The molecule has 0 saturated carbocycles. The van der Waals surface area contributed by atoms with E-state index in [1.54, 1.807) is 0 Å². The number of hydrogen-bond acceptors (Lipinski definition) is 6. The number of hydrogen-bond donors (Lipinski definition) is 1. The summed E-state index contributed by atoms with van der Waals surface area (Å²) in [4.78, 5) is 54.7. The predicted octanol–water partition coefficient (Wildman–Crippen LogP) is 4.98. The van der Waals surface area contributed by atoms with Gasteiger partial charge >= 0.3 is 5.97 Å². The van der Waals surface area contributed by atoms with Crippen LogP contribution in [0, 0.1) is 0 Å². The van der Waals surface area contributed by atoms with Gasteiger partial charge in [-0.2, -0.15) is 0 Å². The van der Waals surface area contributed by atoms with Crippen molar-refractivity contribution in [2.45, 2.75) is 50.1 Å². The van der Waals surface area contributed by atoms with Crippen molar-refractivity contribution >= 4 is 35.3 Å². The standard InChI is InChI=1S/C33H32N2O5S/c1-2-3-19-26(36)25-21-41-32-28(34-27(37)20-22-13-7-4-8-14-22)31(38)35(32)29(25)33(39)40-30(23-15-9-5-10-16-23)24-17-11-6-12-18-24/h4-18,28,30,32H,2-3,19-21H2,1H3,(H,34,37)/t28?,32-/m1/s1. The third kappa shape index (κ3) is 6.28. The molecule has 2 amide bonds. The Bertz CT molecular complexity index is 1400. The maximum Gasteiger partial charge on any atom is 0.356 e. The molecule has 0 aliphatic carbocycles. The molecular weight excluding hydrogens is 536 g/mol. The van der Waals surface area contributed by atoms with Crippen LogP contribution in [-0.2, 0) is 30.3 Å². The summed E-state index contributed by atoms with van der Waals surface area (Å²) in [5, 5.41) is 2.33. The number of benzene rings is 3. The largest absolute Gasteiger partial charge is 0.448 e. The molecule has 2 atom stereocenters. The van der Waals surface area contributed by atoms with Gasteiger partial charge in [-0.15, -0.1) is 11.8 Å². The first-order valence-electron chi connectivity index (χ1n) is 13.8. The van der Waals surface area contributed by atoms with Crippen LogP contribution in [0.25, 0.3) is 0 Å². The molecule has 0 aromatic heterocycles. The topological polar surface area (TPSA) is 92.8 Å². The number of carbonyl (C=O) groups excluding carboxylic acids is 4. The van der Waals surface area contributed by atoms with Crippen molar-refractivity contribution in [3.8, 4) is 0 Å². The summed E-state index contributed by atoms with van der Waals surface area (Å²) in [5.74, 6) is -1.33.